The van der Waals surface area contributed by atoms with Crippen molar-refractivity contribution in [1.82, 2.24) is 0 Å². The van der Waals surface area contributed by atoms with E-state index < -0.39 is 37.6 Å². The van der Waals surface area contributed by atoms with E-state index in [1.54, 1.807) is 30.3 Å². The number of ketones is 2. The predicted octanol–water partition coefficient (Wildman–Crippen LogP) is 0.121. The Balaban J connectivity index is 0.00000290. The maximum Gasteiger partial charge on any atom is 1.00 e. The Kier molecular flexibility index (Phi) is 14.2. The molecule has 0 aliphatic heterocycles. The first-order valence-corrected chi connectivity index (χ1v) is 20.8. The second kappa shape index (κ2) is 17.9. The number of hydrogen-bond acceptors (Lipinski definition) is 10. The topological polar surface area (TPSA) is 193 Å². The van der Waals surface area contributed by atoms with Crippen LogP contribution in [0, 0.1) is 11.8 Å². The summed E-state index contributed by atoms with van der Waals surface area (Å²) in [5.74, 6) is -1.18. The van der Waals surface area contributed by atoms with Gasteiger partial charge in [-0.1, -0.05) is 73.9 Å². The molecule has 2 saturated carbocycles. The molecule has 0 heterocycles. The van der Waals surface area contributed by atoms with Gasteiger partial charge in [0.05, 0.1) is 20.9 Å². The van der Waals surface area contributed by atoms with Crippen molar-refractivity contribution in [2.24, 2.45) is 11.8 Å². The largest absolute Gasteiger partial charge is 1.00 e. The van der Waals surface area contributed by atoms with E-state index in [1.165, 1.54) is 42.5 Å². The first-order valence-electron chi connectivity index (χ1n) is 18.0. The molecular weight excluding hydrogens is 763 g/mol. The van der Waals surface area contributed by atoms with Gasteiger partial charge in [0, 0.05) is 34.6 Å². The van der Waals surface area contributed by atoms with Crippen molar-refractivity contribution in [2.45, 2.75) is 86.1 Å². The minimum absolute atomic E-state index is 0. The average Bonchev–Trinajstić information content (AvgIpc) is 3.12. The van der Waals surface area contributed by atoms with Gasteiger partial charge in [0.1, 0.15) is 10.1 Å². The van der Waals surface area contributed by atoms with Crippen molar-refractivity contribution in [3.63, 3.8) is 0 Å². The van der Waals surface area contributed by atoms with Crippen molar-refractivity contribution < 1.29 is 99.8 Å². The van der Waals surface area contributed by atoms with Crippen LogP contribution in [-0.2, 0) is 33.1 Å². The van der Waals surface area contributed by atoms with Gasteiger partial charge in [-0.05, 0) is 97.9 Å². The molecule has 0 spiro atoms. The molecule has 4 aromatic carbocycles. The van der Waals surface area contributed by atoms with Crippen LogP contribution in [-0.4, -0.2) is 49.6 Å². The number of carbonyl (C=O) groups is 2. The molecule has 4 aromatic rings. The Morgan fingerprint density at radius 1 is 0.600 bits per heavy atom. The fourth-order valence-corrected chi connectivity index (χ4v) is 9.36. The van der Waals surface area contributed by atoms with Gasteiger partial charge in [-0.25, -0.2) is 8.42 Å². The van der Waals surface area contributed by atoms with Gasteiger partial charge in [0.15, 0.2) is 11.6 Å². The third-order valence-electron chi connectivity index (χ3n) is 11.1. The van der Waals surface area contributed by atoms with Crippen LogP contribution in [0.25, 0.3) is 0 Å². The van der Waals surface area contributed by atoms with Crippen molar-refractivity contribution >= 4 is 43.2 Å². The van der Waals surface area contributed by atoms with Crippen LogP contribution in [0.5, 0.6) is 5.75 Å². The van der Waals surface area contributed by atoms with Crippen LogP contribution in [0.3, 0.4) is 0 Å². The van der Waals surface area contributed by atoms with Gasteiger partial charge in [0.25, 0.3) is 10.1 Å². The first-order chi connectivity index (χ1) is 25.3. The van der Waals surface area contributed by atoms with E-state index in [2.05, 4.69) is 10.6 Å². The Hall–Kier alpha value is -2.56. The molecule has 15 heteroatoms. The second-order valence-corrected chi connectivity index (χ2v) is 17.3. The minimum atomic E-state index is -4.56. The van der Waals surface area contributed by atoms with Crippen molar-refractivity contribution in [2.75, 3.05) is 10.6 Å². The molecule has 3 N–H and O–H groups in total. The Bertz CT molecular complexity index is 2280. The zero-order chi connectivity index (χ0) is 37.5. The number of rotatable bonds is 10. The zero-order valence-electron chi connectivity index (χ0n) is 30.9. The van der Waals surface area contributed by atoms with Crippen LogP contribution in [0.15, 0.2) is 88.7 Å². The van der Waals surface area contributed by atoms with Crippen LogP contribution in [0.1, 0.15) is 94.3 Å². The third-order valence-corrected chi connectivity index (χ3v) is 12.8. The molecule has 3 aliphatic rings. The van der Waals surface area contributed by atoms with Crippen LogP contribution in [0.2, 0.25) is 0 Å². The molecule has 55 heavy (non-hydrogen) atoms. The Labute approximate surface area is 366 Å². The molecule has 7 rings (SSSR count). The monoisotopic (exact) mass is 802 g/mol. The summed E-state index contributed by atoms with van der Waals surface area (Å²) < 4.78 is 66.9. The molecule has 4 unspecified atom stereocenters. The fourth-order valence-electron chi connectivity index (χ4n) is 8.41. The number of carbonyl (C=O) groups excluding carboxylic acids is 2. The average molecular weight is 803 g/mol. The molecule has 0 saturated heterocycles. The summed E-state index contributed by atoms with van der Waals surface area (Å²) in [5, 5.41) is 20.3. The summed E-state index contributed by atoms with van der Waals surface area (Å²) in [7, 11) is -8.87. The van der Waals surface area contributed by atoms with Crippen molar-refractivity contribution in [1.29, 1.82) is 0 Å². The van der Waals surface area contributed by atoms with E-state index in [9.17, 15) is 40.6 Å². The van der Waals surface area contributed by atoms with Crippen LogP contribution >= 0.6 is 0 Å². The number of benzene rings is 4. The number of hydrogen-bond donors (Lipinski definition) is 3. The summed E-state index contributed by atoms with van der Waals surface area (Å²) in [6.07, 6.45) is 8.56. The van der Waals surface area contributed by atoms with Gasteiger partial charge in [-0.2, -0.15) is 8.42 Å². The smallest absolute Gasteiger partial charge is 0.872 e. The normalized spacial score (nSPS) is 21.0. The van der Waals surface area contributed by atoms with Crippen molar-refractivity contribution in [3.05, 3.63) is 112 Å². The summed E-state index contributed by atoms with van der Waals surface area (Å²) in [6, 6.07) is 19.9. The molecule has 0 bridgehead atoms. The quantitative estimate of drug-likeness (QED) is 0.128. The number of nitrogens with one attached hydrogen (secondary N) is 2. The molecule has 3 aliphatic carbocycles. The molecule has 0 amide bonds. The number of anilines is 2. The summed E-state index contributed by atoms with van der Waals surface area (Å²) >= 11 is 0. The standard InChI is InChI=1S/C40H42N2O9S2.2Na/c43-35-11-5-8-30-36(35)40(45)38-34(42-32-10-4-2-7-27(32)23-25-14-18-29(19-15-25)53(49,50)51)21-20-33(37(38)39(30)44)41-31-9-3-1-6-26(31)22-24-12-16-28(17-13-24)52(46,47)48;;/h5,8,11-21,26-27,31-32,41-43H,1-4,6-7,9-10,22-23H2,(H,46,47,48)(H,49,50,51);;/q;2*+1/p-2. The van der Waals surface area contributed by atoms with E-state index in [1.807, 2.05) is 6.07 Å². The van der Waals surface area contributed by atoms with Gasteiger partial charge in [-0.15, -0.1) is 0 Å². The van der Waals surface area contributed by atoms with Gasteiger partial charge in [-0.3, -0.25) is 14.1 Å². The van der Waals surface area contributed by atoms with E-state index in [-0.39, 0.29) is 115 Å². The van der Waals surface area contributed by atoms with E-state index in [0.29, 0.717) is 24.2 Å². The maximum absolute atomic E-state index is 14.3. The fraction of sp³-hybridized carbons (Fsp3) is 0.350. The summed E-state index contributed by atoms with van der Waals surface area (Å²) in [6.45, 7) is 0. The summed E-state index contributed by atoms with van der Waals surface area (Å²) in [5.41, 5.74) is 3.11. The molecule has 2 fully saturated rings. The molecule has 0 radical (unpaired) electrons. The maximum atomic E-state index is 14.3. The van der Waals surface area contributed by atoms with Crippen LogP contribution in [0.4, 0.5) is 11.4 Å². The number of fused-ring (bicyclic) bond motifs is 2. The third kappa shape index (κ3) is 9.60. The van der Waals surface area contributed by atoms with E-state index in [4.69, 9.17) is 0 Å². The van der Waals surface area contributed by atoms with Gasteiger partial charge >= 0.3 is 59.1 Å². The van der Waals surface area contributed by atoms with E-state index >= 15 is 0 Å². The SMILES string of the molecule is O=C1c2cccc([O-])c2C(=O)c2c(NC3CCCCC3Cc3ccc(S(=O)(=O)O)cc3)ccc(NC3CCCCC3Cc3ccc(S(=O)(=O)[O-])cc3)c21.[Na+].[Na+]. The van der Waals surface area contributed by atoms with Gasteiger partial charge < -0.3 is 20.3 Å². The molecular formula is C40H40N2Na2O9S2. The second-order valence-electron chi connectivity index (χ2n) is 14.5. The Morgan fingerprint density at radius 2 is 1.05 bits per heavy atom. The van der Waals surface area contributed by atoms with Gasteiger partial charge in [0.2, 0.25) is 0 Å². The summed E-state index contributed by atoms with van der Waals surface area (Å²) in [4.78, 5) is 28.2. The molecule has 0 aromatic heterocycles. The Morgan fingerprint density at radius 3 is 1.53 bits per heavy atom. The zero-order valence-corrected chi connectivity index (χ0v) is 36.5. The minimum Gasteiger partial charge on any atom is -0.872 e. The molecule has 278 valence electrons. The van der Waals surface area contributed by atoms with Crippen molar-refractivity contribution in [3.8, 4) is 5.75 Å². The molecule has 11 nitrogen and oxygen atoms in total. The first kappa shape index (κ1) is 43.6. The van der Waals surface area contributed by atoms with E-state index in [0.717, 1.165) is 62.5 Å². The molecule has 4 atom stereocenters. The van der Waals surface area contributed by atoms with Crippen LogP contribution < -0.4 is 74.9 Å². The predicted molar refractivity (Wildman–Crippen MR) is 196 cm³/mol.